The average molecular weight is 328 g/mol. The summed E-state index contributed by atoms with van der Waals surface area (Å²) in [6, 6.07) is 6.33. The van der Waals surface area contributed by atoms with Crippen molar-refractivity contribution in [1.29, 1.82) is 0 Å². The molecule has 6 nitrogen and oxygen atoms in total. The van der Waals surface area contributed by atoms with Crippen molar-refractivity contribution in [1.82, 2.24) is 10.2 Å². The van der Waals surface area contributed by atoms with Crippen molar-refractivity contribution >= 4 is 23.9 Å². The second-order valence-electron chi connectivity index (χ2n) is 5.29. The minimum atomic E-state index is -0.735. The van der Waals surface area contributed by atoms with E-state index in [1.807, 2.05) is 0 Å². The lowest BCUT2D eigenvalue weighted by Gasteiger charge is -2.25. The highest BCUT2D eigenvalue weighted by atomic mass is 16.5. The fourth-order valence-electron chi connectivity index (χ4n) is 2.15. The van der Waals surface area contributed by atoms with Crippen LogP contribution in [0.25, 0.3) is 6.08 Å². The fraction of sp³-hybridized carbons (Fsp3) is 0.278. The summed E-state index contributed by atoms with van der Waals surface area (Å²) < 4.78 is 5.57. The van der Waals surface area contributed by atoms with Crippen LogP contribution in [0, 0.1) is 0 Å². The summed E-state index contributed by atoms with van der Waals surface area (Å²) in [4.78, 5) is 36.8. The largest absolute Gasteiger partial charge is 0.494 e. The Kier molecular flexibility index (Phi) is 5.89. The van der Waals surface area contributed by atoms with Gasteiger partial charge in [0, 0.05) is 6.54 Å². The molecule has 0 saturated carbocycles. The van der Waals surface area contributed by atoms with Crippen molar-refractivity contribution in [2.75, 3.05) is 13.2 Å². The summed E-state index contributed by atoms with van der Waals surface area (Å²) in [6.45, 7) is 6.28. The van der Waals surface area contributed by atoms with Gasteiger partial charge in [-0.05, 0) is 30.2 Å². The second-order valence-corrected chi connectivity index (χ2v) is 5.29. The van der Waals surface area contributed by atoms with Gasteiger partial charge in [-0.3, -0.25) is 19.8 Å². The number of amides is 4. The molecule has 0 radical (unpaired) electrons. The first-order chi connectivity index (χ1) is 11.6. The second kappa shape index (κ2) is 8.10. The third-order valence-corrected chi connectivity index (χ3v) is 3.46. The number of carbonyl (C=O) groups is 3. The quantitative estimate of drug-likeness (QED) is 0.361. The molecule has 1 aliphatic heterocycles. The average Bonchev–Trinajstić information content (AvgIpc) is 2.57. The molecule has 0 spiro atoms. The zero-order valence-electron chi connectivity index (χ0n) is 13.6. The molecule has 1 fully saturated rings. The summed E-state index contributed by atoms with van der Waals surface area (Å²) in [7, 11) is 0. The van der Waals surface area contributed by atoms with Crippen LogP contribution >= 0.6 is 0 Å². The maximum atomic E-state index is 12.3. The molecule has 1 heterocycles. The standard InChI is InChI=1S/C18H20N2O4/c1-3-5-11-24-14-8-6-13(7-9-14)12-15-16(21)19-18(23)20(10-4-2)17(15)22/h4,6-9,12H,2-3,5,10-11H2,1H3,(H,19,21,23)/b15-12+. The van der Waals surface area contributed by atoms with Crippen molar-refractivity contribution in [3.8, 4) is 5.75 Å². The predicted molar refractivity (Wildman–Crippen MR) is 90.3 cm³/mol. The van der Waals surface area contributed by atoms with Crippen LogP contribution in [0.5, 0.6) is 5.75 Å². The molecule has 1 aromatic rings. The highest BCUT2D eigenvalue weighted by molar-refractivity contribution is 6.31. The van der Waals surface area contributed by atoms with Gasteiger partial charge in [-0.1, -0.05) is 31.6 Å². The molecule has 1 aromatic carbocycles. The van der Waals surface area contributed by atoms with Crippen LogP contribution in [-0.2, 0) is 9.59 Å². The fourth-order valence-corrected chi connectivity index (χ4v) is 2.15. The Morgan fingerprint density at radius 2 is 1.92 bits per heavy atom. The van der Waals surface area contributed by atoms with E-state index in [2.05, 4.69) is 18.8 Å². The number of barbiturate groups is 1. The SMILES string of the molecule is C=CCN1C(=O)NC(=O)/C(=C\c2ccc(OCCCC)cc2)C1=O. The Morgan fingerprint density at radius 1 is 1.21 bits per heavy atom. The molecule has 1 saturated heterocycles. The Labute approximate surface area is 140 Å². The van der Waals surface area contributed by atoms with Crippen LogP contribution in [0.15, 0.2) is 42.5 Å². The molecule has 0 unspecified atom stereocenters. The smallest absolute Gasteiger partial charge is 0.331 e. The first-order valence-corrected chi connectivity index (χ1v) is 7.79. The van der Waals surface area contributed by atoms with Crippen molar-refractivity contribution in [2.45, 2.75) is 19.8 Å². The molecule has 0 aromatic heterocycles. The van der Waals surface area contributed by atoms with Gasteiger partial charge in [0.05, 0.1) is 6.61 Å². The molecule has 1 N–H and O–H groups in total. The van der Waals surface area contributed by atoms with E-state index < -0.39 is 17.8 Å². The van der Waals surface area contributed by atoms with E-state index in [1.165, 1.54) is 12.2 Å². The molecular formula is C18H20N2O4. The minimum Gasteiger partial charge on any atom is -0.494 e. The van der Waals surface area contributed by atoms with Gasteiger partial charge >= 0.3 is 6.03 Å². The number of carbonyl (C=O) groups excluding carboxylic acids is 3. The predicted octanol–water partition coefficient (Wildman–Crippen LogP) is 2.51. The van der Waals surface area contributed by atoms with Gasteiger partial charge in [-0.15, -0.1) is 6.58 Å². The minimum absolute atomic E-state index is 0.0412. The highest BCUT2D eigenvalue weighted by Crippen LogP contribution is 2.18. The van der Waals surface area contributed by atoms with Gasteiger partial charge in [-0.25, -0.2) is 4.79 Å². The summed E-state index contributed by atoms with van der Waals surface area (Å²) in [5, 5.41) is 2.15. The summed E-state index contributed by atoms with van der Waals surface area (Å²) in [5.41, 5.74) is 0.584. The van der Waals surface area contributed by atoms with Crippen molar-refractivity contribution in [3.63, 3.8) is 0 Å². The van der Waals surface area contributed by atoms with E-state index in [0.29, 0.717) is 12.2 Å². The third-order valence-electron chi connectivity index (χ3n) is 3.46. The van der Waals surface area contributed by atoms with E-state index in [1.54, 1.807) is 24.3 Å². The molecule has 0 bridgehead atoms. The van der Waals surface area contributed by atoms with Crippen LogP contribution in [-0.4, -0.2) is 35.9 Å². The lowest BCUT2D eigenvalue weighted by molar-refractivity contribution is -0.129. The van der Waals surface area contributed by atoms with Gasteiger partial charge in [0.1, 0.15) is 11.3 Å². The summed E-state index contributed by atoms with van der Waals surface area (Å²) in [5.74, 6) is -0.603. The first kappa shape index (κ1) is 17.5. The number of benzene rings is 1. The topological polar surface area (TPSA) is 75.7 Å². The van der Waals surface area contributed by atoms with Crippen molar-refractivity contribution < 1.29 is 19.1 Å². The van der Waals surface area contributed by atoms with Gasteiger partial charge < -0.3 is 4.74 Å². The summed E-state index contributed by atoms with van der Waals surface area (Å²) >= 11 is 0. The zero-order chi connectivity index (χ0) is 17.5. The first-order valence-electron chi connectivity index (χ1n) is 7.79. The van der Waals surface area contributed by atoms with E-state index >= 15 is 0 Å². The number of hydrogen-bond donors (Lipinski definition) is 1. The van der Waals surface area contributed by atoms with Gasteiger partial charge in [0.2, 0.25) is 0 Å². The van der Waals surface area contributed by atoms with Gasteiger partial charge in [-0.2, -0.15) is 0 Å². The van der Waals surface area contributed by atoms with E-state index in [0.717, 1.165) is 23.5 Å². The normalized spacial score (nSPS) is 16.3. The highest BCUT2D eigenvalue weighted by Gasteiger charge is 2.34. The molecule has 0 atom stereocenters. The van der Waals surface area contributed by atoms with Gasteiger partial charge in [0.25, 0.3) is 11.8 Å². The summed E-state index contributed by atoms with van der Waals surface area (Å²) in [6.07, 6.45) is 4.92. The number of hydrogen-bond acceptors (Lipinski definition) is 4. The van der Waals surface area contributed by atoms with E-state index in [9.17, 15) is 14.4 Å². The third kappa shape index (κ3) is 4.10. The van der Waals surface area contributed by atoms with E-state index in [-0.39, 0.29) is 12.1 Å². The lowest BCUT2D eigenvalue weighted by Crippen LogP contribution is -2.54. The van der Waals surface area contributed by atoms with Gasteiger partial charge in [0.15, 0.2) is 0 Å². The molecule has 0 aliphatic carbocycles. The molecule has 126 valence electrons. The maximum Gasteiger partial charge on any atom is 0.331 e. The molecule has 6 heteroatoms. The number of rotatable bonds is 7. The van der Waals surface area contributed by atoms with Crippen LogP contribution in [0.3, 0.4) is 0 Å². The van der Waals surface area contributed by atoms with Crippen LogP contribution in [0.1, 0.15) is 25.3 Å². The van der Waals surface area contributed by atoms with Crippen LogP contribution < -0.4 is 10.1 Å². The van der Waals surface area contributed by atoms with Crippen molar-refractivity contribution in [2.24, 2.45) is 0 Å². The lowest BCUT2D eigenvalue weighted by atomic mass is 10.1. The number of nitrogens with zero attached hydrogens (tertiary/aromatic N) is 1. The zero-order valence-corrected chi connectivity index (χ0v) is 13.6. The number of ether oxygens (including phenoxy) is 1. The molecule has 24 heavy (non-hydrogen) atoms. The molecule has 1 aliphatic rings. The maximum absolute atomic E-state index is 12.3. The number of nitrogens with one attached hydrogen (secondary N) is 1. The Balaban J connectivity index is 2.16. The monoisotopic (exact) mass is 328 g/mol. The van der Waals surface area contributed by atoms with Crippen LogP contribution in [0.4, 0.5) is 4.79 Å². The number of imide groups is 2. The van der Waals surface area contributed by atoms with Crippen LogP contribution in [0.2, 0.25) is 0 Å². The molecular weight excluding hydrogens is 308 g/mol. The van der Waals surface area contributed by atoms with E-state index in [4.69, 9.17) is 4.74 Å². The Hall–Kier alpha value is -2.89. The molecule has 2 rings (SSSR count). The Bertz CT molecular complexity index is 677. The number of urea groups is 1. The Morgan fingerprint density at radius 3 is 2.54 bits per heavy atom. The number of unbranched alkanes of at least 4 members (excludes halogenated alkanes) is 1. The molecule has 4 amide bonds. The van der Waals surface area contributed by atoms with Crippen molar-refractivity contribution in [3.05, 3.63) is 48.1 Å².